The molecule has 0 aromatic rings. The van der Waals surface area contributed by atoms with Gasteiger partial charge in [0.1, 0.15) is 0 Å². The predicted molar refractivity (Wildman–Crippen MR) is 33.8 cm³/mol. The average molecular weight is 190 g/mol. The molecule has 0 amide bonds. The molecule has 1 fully saturated rings. The summed E-state index contributed by atoms with van der Waals surface area (Å²) in [7, 11) is 0. The van der Waals surface area contributed by atoms with Gasteiger partial charge in [0.15, 0.2) is 0 Å². The van der Waals surface area contributed by atoms with Crippen LogP contribution in [0.1, 0.15) is 6.42 Å². The van der Waals surface area contributed by atoms with Crippen molar-refractivity contribution in [2.24, 2.45) is 0 Å². The van der Waals surface area contributed by atoms with Crippen LogP contribution in [0.15, 0.2) is 0 Å². The van der Waals surface area contributed by atoms with E-state index in [1.807, 2.05) is 23.5 Å². The summed E-state index contributed by atoms with van der Waals surface area (Å²) in [5, 5.41) is 2.23. The van der Waals surface area contributed by atoms with Crippen LogP contribution in [0.2, 0.25) is 0 Å². The monoisotopic (exact) mass is 189 g/mol. The van der Waals surface area contributed by atoms with Gasteiger partial charge in [-0.1, -0.05) is 0 Å². The van der Waals surface area contributed by atoms with Crippen molar-refractivity contribution in [3.63, 3.8) is 0 Å². The molecule has 1 aliphatic heterocycles. The van der Waals surface area contributed by atoms with Gasteiger partial charge in [-0.25, -0.2) is 5.08 Å². The molecule has 0 bridgehead atoms. The molecule has 0 nitrogen and oxygen atoms in total. The zero-order valence-corrected chi connectivity index (χ0v) is 7.39. The summed E-state index contributed by atoms with van der Waals surface area (Å²) >= 11 is 3.87. The first kappa shape index (κ1) is 12.5. The Morgan fingerprint density at radius 3 is 1.75 bits per heavy atom. The van der Waals surface area contributed by atoms with Gasteiger partial charge in [-0.15, -0.1) is 0 Å². The SMILES string of the molecule is [CH-]1SCCCS1.[Cu].[Li+]. The van der Waals surface area contributed by atoms with Gasteiger partial charge in [-0.2, -0.15) is 0 Å². The Hall–Kier alpha value is 1.82. The molecule has 0 saturated carbocycles. The topological polar surface area (TPSA) is 0 Å². The molecule has 0 atom stereocenters. The molecule has 1 radical (unpaired) electrons. The Morgan fingerprint density at radius 1 is 1.12 bits per heavy atom. The Kier molecular flexibility index (Phi) is 13.8. The minimum absolute atomic E-state index is 0. The Labute approximate surface area is 82.0 Å². The summed E-state index contributed by atoms with van der Waals surface area (Å²) in [6, 6.07) is 0. The molecule has 0 spiro atoms. The maximum atomic E-state index is 2.23. The van der Waals surface area contributed by atoms with Gasteiger partial charge < -0.3 is 23.5 Å². The second-order valence-electron chi connectivity index (χ2n) is 1.19. The van der Waals surface area contributed by atoms with E-state index in [-0.39, 0.29) is 35.9 Å². The van der Waals surface area contributed by atoms with E-state index in [1.54, 1.807) is 0 Å². The third kappa shape index (κ3) is 5.94. The third-order valence-electron chi connectivity index (χ3n) is 0.660. The molecule has 0 aromatic heterocycles. The predicted octanol–water partition coefficient (Wildman–Crippen LogP) is -1.02. The average Bonchev–Trinajstić information content (AvgIpc) is 1.72. The fourth-order valence-corrected chi connectivity index (χ4v) is 2.33. The summed E-state index contributed by atoms with van der Waals surface area (Å²) < 4.78 is 0. The summed E-state index contributed by atoms with van der Waals surface area (Å²) in [5.74, 6) is 2.68. The number of thioether (sulfide) groups is 2. The van der Waals surface area contributed by atoms with E-state index in [0.29, 0.717) is 0 Å². The maximum absolute atomic E-state index is 2.23. The van der Waals surface area contributed by atoms with E-state index in [9.17, 15) is 0 Å². The second kappa shape index (κ2) is 8.82. The van der Waals surface area contributed by atoms with Crippen LogP contribution >= 0.6 is 23.5 Å². The smallest absolute Gasteiger partial charge is 0.341 e. The van der Waals surface area contributed by atoms with Crippen molar-refractivity contribution in [3.05, 3.63) is 5.08 Å². The second-order valence-corrected chi connectivity index (χ2v) is 3.44. The molecule has 8 heavy (non-hydrogen) atoms. The molecule has 1 rings (SSSR count). The van der Waals surface area contributed by atoms with Crippen LogP contribution < -0.4 is 18.9 Å². The van der Waals surface area contributed by atoms with Gasteiger partial charge in [-0.05, 0) is 17.9 Å². The quantitative estimate of drug-likeness (QED) is 0.354. The van der Waals surface area contributed by atoms with Gasteiger partial charge in [-0.3, -0.25) is 0 Å². The van der Waals surface area contributed by atoms with Crippen molar-refractivity contribution in [3.8, 4) is 0 Å². The minimum Gasteiger partial charge on any atom is -0.341 e. The zero-order valence-electron chi connectivity index (χ0n) is 4.82. The normalized spacial score (nSPS) is 18.0. The van der Waals surface area contributed by atoms with E-state index in [4.69, 9.17) is 0 Å². The van der Waals surface area contributed by atoms with Crippen LogP contribution in [0.25, 0.3) is 0 Å². The van der Waals surface area contributed by atoms with Crippen molar-refractivity contribution < 1.29 is 35.9 Å². The van der Waals surface area contributed by atoms with Crippen molar-refractivity contribution >= 4 is 23.5 Å². The molecule has 0 N–H and O–H groups in total. The van der Waals surface area contributed by atoms with Crippen molar-refractivity contribution in [2.45, 2.75) is 6.42 Å². The van der Waals surface area contributed by atoms with Crippen LogP contribution in [-0.4, -0.2) is 11.5 Å². The third-order valence-corrected chi connectivity index (χ3v) is 2.80. The number of hydrogen-bond acceptors (Lipinski definition) is 2. The van der Waals surface area contributed by atoms with Crippen LogP contribution in [0.5, 0.6) is 0 Å². The number of rotatable bonds is 0. The first-order valence-electron chi connectivity index (χ1n) is 2.05. The van der Waals surface area contributed by atoms with E-state index in [1.165, 1.54) is 17.9 Å². The molecule has 4 heteroatoms. The molecule has 1 saturated heterocycles. The van der Waals surface area contributed by atoms with E-state index in [2.05, 4.69) is 5.08 Å². The Balaban J connectivity index is 0. The van der Waals surface area contributed by atoms with Crippen LogP contribution in [0.3, 0.4) is 0 Å². The fraction of sp³-hybridized carbons (Fsp3) is 0.750. The van der Waals surface area contributed by atoms with Crippen molar-refractivity contribution in [1.82, 2.24) is 0 Å². The maximum Gasteiger partial charge on any atom is 1.00 e. The molecule has 0 aliphatic carbocycles. The summed E-state index contributed by atoms with van der Waals surface area (Å²) in [5.41, 5.74) is 0. The van der Waals surface area contributed by atoms with Gasteiger partial charge in [0, 0.05) is 17.1 Å². The standard InChI is InChI=1S/C4H7S2.Cu.Li/c1-2-5-4-6-3-1;;/h4H,1-3H2;;/q-1;;+1. The molecular weight excluding hydrogens is 183 g/mol. The first-order valence-corrected chi connectivity index (χ1v) is 4.15. The van der Waals surface area contributed by atoms with Crippen LogP contribution in [-0.2, 0) is 17.1 Å². The molecule has 0 unspecified atom stereocenters. The molecule has 0 aromatic carbocycles. The van der Waals surface area contributed by atoms with Crippen LogP contribution in [0.4, 0.5) is 0 Å². The van der Waals surface area contributed by atoms with Crippen LogP contribution in [0, 0.1) is 5.08 Å². The first-order chi connectivity index (χ1) is 3.00. The van der Waals surface area contributed by atoms with Gasteiger partial charge in [0.25, 0.3) is 0 Å². The zero-order chi connectivity index (χ0) is 4.24. The minimum atomic E-state index is 0. The Morgan fingerprint density at radius 2 is 1.62 bits per heavy atom. The largest absolute Gasteiger partial charge is 1.00 e. The van der Waals surface area contributed by atoms with Gasteiger partial charge >= 0.3 is 18.9 Å². The van der Waals surface area contributed by atoms with Crippen molar-refractivity contribution in [1.29, 1.82) is 0 Å². The summed E-state index contributed by atoms with van der Waals surface area (Å²) in [6.45, 7) is 0. The molecule has 1 aliphatic rings. The van der Waals surface area contributed by atoms with Gasteiger partial charge in [0.05, 0.1) is 0 Å². The van der Waals surface area contributed by atoms with E-state index >= 15 is 0 Å². The molecule has 1 heterocycles. The summed E-state index contributed by atoms with van der Waals surface area (Å²) in [4.78, 5) is 0. The van der Waals surface area contributed by atoms with Gasteiger partial charge in [0.2, 0.25) is 0 Å². The van der Waals surface area contributed by atoms with Crippen molar-refractivity contribution in [2.75, 3.05) is 11.5 Å². The summed E-state index contributed by atoms with van der Waals surface area (Å²) in [6.07, 6.45) is 1.39. The Bertz CT molecular complexity index is 29.5. The van der Waals surface area contributed by atoms with E-state index < -0.39 is 0 Å². The molecule has 47 valence electrons. The molecular formula is C4H7CuLiS2. The number of hydrogen-bond donors (Lipinski definition) is 0. The van der Waals surface area contributed by atoms with E-state index in [0.717, 1.165) is 0 Å². The fourth-order valence-electron chi connectivity index (χ4n) is 0.370.